The van der Waals surface area contributed by atoms with Crippen LogP contribution in [0, 0.1) is 5.92 Å². The van der Waals surface area contributed by atoms with E-state index in [1.165, 1.54) is 6.20 Å². The van der Waals surface area contributed by atoms with E-state index in [0.29, 0.717) is 59.9 Å². The summed E-state index contributed by atoms with van der Waals surface area (Å²) in [6.07, 6.45) is 3.29. The molecule has 3 aromatic rings. The van der Waals surface area contributed by atoms with Gasteiger partial charge in [-0.1, -0.05) is 23.7 Å². The minimum absolute atomic E-state index is 0.00552. The predicted octanol–water partition coefficient (Wildman–Crippen LogP) is 2.78. The number of benzene rings is 1. The fraction of sp³-hybridized carbons (Fsp3) is 0.318. The number of amides is 2. The molecule has 1 aromatic carbocycles. The molecule has 0 atom stereocenters. The molecule has 0 unspecified atom stereocenters. The number of aromatic amines is 1. The number of fused-ring (bicyclic) bond motifs is 1. The lowest BCUT2D eigenvalue weighted by Gasteiger charge is -2.31. The smallest absolute Gasteiger partial charge is 0.258 e. The van der Waals surface area contributed by atoms with E-state index in [9.17, 15) is 14.4 Å². The van der Waals surface area contributed by atoms with E-state index in [4.69, 9.17) is 11.6 Å². The third-order valence-corrected chi connectivity index (χ3v) is 5.66. The normalized spacial score (nSPS) is 14.5. The molecule has 2 N–H and O–H groups in total. The molecule has 2 aromatic heterocycles. The number of pyridine rings is 1. The number of nitrogens with one attached hydrogen (secondary N) is 2. The average molecular weight is 440 g/mol. The van der Waals surface area contributed by atoms with Crippen LogP contribution in [0.2, 0.25) is 5.02 Å². The third kappa shape index (κ3) is 5.08. The molecule has 4 rings (SSSR count). The number of carbonyl (C=O) groups excluding carboxylic acids is 2. The number of rotatable bonds is 5. The molecule has 0 radical (unpaired) electrons. The summed E-state index contributed by atoms with van der Waals surface area (Å²) in [7, 11) is 0. The molecule has 0 aliphatic carbocycles. The van der Waals surface area contributed by atoms with Gasteiger partial charge in [-0.2, -0.15) is 0 Å². The number of H-pyrrole nitrogens is 1. The van der Waals surface area contributed by atoms with Gasteiger partial charge in [0, 0.05) is 38.0 Å². The van der Waals surface area contributed by atoms with Crippen molar-refractivity contribution in [2.24, 2.45) is 5.92 Å². The highest BCUT2D eigenvalue weighted by Gasteiger charge is 2.27. The first kappa shape index (κ1) is 21.0. The van der Waals surface area contributed by atoms with Gasteiger partial charge < -0.3 is 15.2 Å². The van der Waals surface area contributed by atoms with E-state index in [-0.39, 0.29) is 29.7 Å². The number of hydrogen-bond acceptors (Lipinski definition) is 5. The SMILES string of the molecule is O=C(Nc1ccc(Cl)cn1)C1CCN(C(=O)CCc2nc3ccccc3c(=O)[nH]2)CC1. The Balaban J connectivity index is 1.28. The van der Waals surface area contributed by atoms with Crippen LogP contribution >= 0.6 is 11.6 Å². The Hall–Kier alpha value is -3.26. The number of nitrogens with zero attached hydrogens (tertiary/aromatic N) is 3. The van der Waals surface area contributed by atoms with Crippen molar-refractivity contribution in [3.8, 4) is 0 Å². The topological polar surface area (TPSA) is 108 Å². The van der Waals surface area contributed by atoms with Crippen molar-refractivity contribution in [3.05, 3.63) is 63.8 Å². The third-order valence-electron chi connectivity index (χ3n) is 5.43. The molecule has 1 fully saturated rings. The molecule has 9 heteroatoms. The Bertz CT molecular complexity index is 1150. The lowest BCUT2D eigenvalue weighted by atomic mass is 9.95. The molecule has 1 saturated heterocycles. The largest absolute Gasteiger partial charge is 0.343 e. The zero-order valence-corrected chi connectivity index (χ0v) is 17.6. The van der Waals surface area contributed by atoms with Crippen molar-refractivity contribution in [3.63, 3.8) is 0 Å². The maximum Gasteiger partial charge on any atom is 0.258 e. The van der Waals surface area contributed by atoms with Crippen LogP contribution in [0.25, 0.3) is 10.9 Å². The highest BCUT2D eigenvalue weighted by molar-refractivity contribution is 6.30. The minimum Gasteiger partial charge on any atom is -0.343 e. The molecular formula is C22H22ClN5O3. The average Bonchev–Trinajstić information content (AvgIpc) is 2.79. The van der Waals surface area contributed by atoms with Crippen molar-refractivity contribution < 1.29 is 9.59 Å². The number of aromatic nitrogens is 3. The predicted molar refractivity (Wildman–Crippen MR) is 118 cm³/mol. The van der Waals surface area contributed by atoms with Crippen LogP contribution < -0.4 is 10.9 Å². The molecule has 160 valence electrons. The molecule has 1 aliphatic rings. The molecule has 0 bridgehead atoms. The van der Waals surface area contributed by atoms with Gasteiger partial charge in [0.2, 0.25) is 11.8 Å². The molecule has 0 saturated carbocycles. The number of hydrogen-bond donors (Lipinski definition) is 2. The number of para-hydroxylation sites is 1. The maximum absolute atomic E-state index is 12.6. The number of likely N-dealkylation sites (tertiary alicyclic amines) is 1. The maximum atomic E-state index is 12.6. The van der Waals surface area contributed by atoms with Crippen molar-refractivity contribution in [2.45, 2.75) is 25.7 Å². The van der Waals surface area contributed by atoms with Crippen LogP contribution in [0.4, 0.5) is 5.82 Å². The Morgan fingerprint density at radius 1 is 1.16 bits per heavy atom. The van der Waals surface area contributed by atoms with Gasteiger partial charge >= 0.3 is 0 Å². The van der Waals surface area contributed by atoms with Gasteiger partial charge in [0.05, 0.1) is 15.9 Å². The van der Waals surface area contributed by atoms with Crippen LogP contribution in [-0.4, -0.2) is 44.8 Å². The van der Waals surface area contributed by atoms with Gasteiger partial charge in [0.1, 0.15) is 11.6 Å². The second-order valence-electron chi connectivity index (χ2n) is 7.54. The molecule has 31 heavy (non-hydrogen) atoms. The standard InChI is InChI=1S/C22H22ClN5O3/c23-15-5-6-18(24-13-15)26-21(30)14-9-11-28(12-10-14)20(29)8-7-19-25-17-4-2-1-3-16(17)22(31)27-19/h1-6,13-14H,7-12H2,(H,24,26,30)(H,25,27,31). The van der Waals surface area contributed by atoms with E-state index in [1.54, 1.807) is 35.2 Å². The summed E-state index contributed by atoms with van der Waals surface area (Å²) in [6, 6.07) is 10.4. The van der Waals surface area contributed by atoms with Crippen LogP contribution in [0.3, 0.4) is 0 Å². The summed E-state index contributed by atoms with van der Waals surface area (Å²) in [5.41, 5.74) is 0.422. The van der Waals surface area contributed by atoms with E-state index < -0.39 is 0 Å². The second-order valence-corrected chi connectivity index (χ2v) is 7.97. The molecular weight excluding hydrogens is 418 g/mol. The van der Waals surface area contributed by atoms with E-state index in [2.05, 4.69) is 20.3 Å². The Kier molecular flexibility index (Phi) is 6.27. The second kappa shape index (κ2) is 9.26. The van der Waals surface area contributed by atoms with Gasteiger partial charge in [-0.3, -0.25) is 14.4 Å². The first-order chi connectivity index (χ1) is 15.0. The Morgan fingerprint density at radius 2 is 1.94 bits per heavy atom. The minimum atomic E-state index is -0.199. The van der Waals surface area contributed by atoms with Gasteiger partial charge in [-0.05, 0) is 37.1 Å². The Labute approximate surface area is 183 Å². The van der Waals surface area contributed by atoms with Crippen LogP contribution in [0.5, 0.6) is 0 Å². The number of anilines is 1. The molecule has 0 spiro atoms. The van der Waals surface area contributed by atoms with Gasteiger partial charge in [0.15, 0.2) is 0 Å². The molecule has 3 heterocycles. The van der Waals surface area contributed by atoms with Gasteiger partial charge in [-0.25, -0.2) is 9.97 Å². The zero-order valence-electron chi connectivity index (χ0n) is 16.8. The summed E-state index contributed by atoms with van der Waals surface area (Å²) in [6.45, 7) is 1.04. The summed E-state index contributed by atoms with van der Waals surface area (Å²) >= 11 is 5.81. The summed E-state index contributed by atoms with van der Waals surface area (Å²) in [5, 5.41) is 3.84. The molecule has 1 aliphatic heterocycles. The van der Waals surface area contributed by atoms with Crippen molar-refractivity contribution in [1.82, 2.24) is 19.9 Å². The summed E-state index contributed by atoms with van der Waals surface area (Å²) in [5.74, 6) is 0.695. The first-order valence-electron chi connectivity index (χ1n) is 10.2. The lowest BCUT2D eigenvalue weighted by Crippen LogP contribution is -2.41. The van der Waals surface area contributed by atoms with Crippen LogP contribution in [0.1, 0.15) is 25.1 Å². The van der Waals surface area contributed by atoms with Gasteiger partial charge in [0.25, 0.3) is 5.56 Å². The van der Waals surface area contributed by atoms with Crippen molar-refractivity contribution in [1.29, 1.82) is 0 Å². The van der Waals surface area contributed by atoms with Gasteiger partial charge in [-0.15, -0.1) is 0 Å². The van der Waals surface area contributed by atoms with E-state index >= 15 is 0 Å². The van der Waals surface area contributed by atoms with E-state index in [0.717, 1.165) is 0 Å². The van der Waals surface area contributed by atoms with E-state index in [1.807, 2.05) is 6.07 Å². The molecule has 2 amide bonds. The van der Waals surface area contributed by atoms with Crippen molar-refractivity contribution >= 4 is 40.1 Å². The van der Waals surface area contributed by atoms with Crippen molar-refractivity contribution in [2.75, 3.05) is 18.4 Å². The lowest BCUT2D eigenvalue weighted by molar-refractivity contribution is -0.134. The monoisotopic (exact) mass is 439 g/mol. The highest BCUT2D eigenvalue weighted by atomic mass is 35.5. The molecule has 8 nitrogen and oxygen atoms in total. The Morgan fingerprint density at radius 3 is 2.68 bits per heavy atom. The number of aryl methyl sites for hydroxylation is 1. The van der Waals surface area contributed by atoms with Crippen LogP contribution in [-0.2, 0) is 16.0 Å². The number of halogens is 1. The summed E-state index contributed by atoms with van der Waals surface area (Å²) < 4.78 is 0. The zero-order chi connectivity index (χ0) is 21.8. The number of carbonyl (C=O) groups is 2. The fourth-order valence-corrected chi connectivity index (χ4v) is 3.82. The highest BCUT2D eigenvalue weighted by Crippen LogP contribution is 2.20. The summed E-state index contributed by atoms with van der Waals surface area (Å²) in [4.78, 5) is 50.2. The quantitative estimate of drug-likeness (QED) is 0.635. The fourth-order valence-electron chi connectivity index (χ4n) is 3.71. The van der Waals surface area contributed by atoms with Crippen LogP contribution in [0.15, 0.2) is 47.4 Å². The first-order valence-corrected chi connectivity index (χ1v) is 10.6. The number of piperidine rings is 1.